The van der Waals surface area contributed by atoms with Gasteiger partial charge in [0.25, 0.3) is 0 Å². The summed E-state index contributed by atoms with van der Waals surface area (Å²) in [6, 6.07) is 29.2. The highest BCUT2D eigenvalue weighted by Gasteiger charge is 2.51. The molecule has 9 heteroatoms. The number of carbonyl (C=O) groups excluding carboxylic acids is 1. The van der Waals surface area contributed by atoms with Gasteiger partial charge in [0.05, 0.1) is 33.0 Å². The van der Waals surface area contributed by atoms with Crippen molar-refractivity contribution in [3.8, 4) is 0 Å². The van der Waals surface area contributed by atoms with Crippen molar-refractivity contribution in [1.29, 1.82) is 0 Å². The normalized spacial score (nSPS) is 22.5. The molecule has 1 aliphatic heterocycles. The lowest BCUT2D eigenvalue weighted by atomic mass is 9.92. The molecule has 1 saturated heterocycles. The average molecular weight is 532 g/mol. The second-order valence-corrected chi connectivity index (χ2v) is 9.15. The zero-order valence-corrected chi connectivity index (χ0v) is 21.9. The van der Waals surface area contributed by atoms with Crippen LogP contribution in [0.15, 0.2) is 96.1 Å². The van der Waals surface area contributed by atoms with Gasteiger partial charge in [-0.25, -0.2) is 4.79 Å². The third kappa shape index (κ3) is 8.13. The van der Waals surface area contributed by atoms with E-state index in [1.807, 2.05) is 91.0 Å². The Kier molecular flexibility index (Phi) is 10.9. The molecule has 1 fully saturated rings. The van der Waals surface area contributed by atoms with Crippen molar-refractivity contribution in [2.24, 2.45) is 5.11 Å². The fraction of sp³-hybridized carbons (Fsp3) is 0.367. The molecule has 39 heavy (non-hydrogen) atoms. The minimum atomic E-state index is -1.06. The molecule has 3 aromatic carbocycles. The molecular formula is C30H33N3O6. The first-order valence-electron chi connectivity index (χ1n) is 12.9. The summed E-state index contributed by atoms with van der Waals surface area (Å²) in [7, 11) is 1.31. The van der Waals surface area contributed by atoms with E-state index in [-0.39, 0.29) is 19.8 Å². The van der Waals surface area contributed by atoms with Gasteiger partial charge < -0.3 is 23.7 Å². The number of rotatable bonds is 13. The Morgan fingerprint density at radius 3 is 1.69 bits per heavy atom. The molecule has 0 N–H and O–H groups in total. The maximum absolute atomic E-state index is 13.0. The average Bonchev–Trinajstić information content (AvgIpc) is 2.99. The third-order valence-electron chi connectivity index (χ3n) is 6.50. The highest BCUT2D eigenvalue weighted by molar-refractivity contribution is 5.75. The smallest absolute Gasteiger partial charge is 0.337 e. The monoisotopic (exact) mass is 531 g/mol. The Hall–Kier alpha value is -3.72. The van der Waals surface area contributed by atoms with Gasteiger partial charge in [-0.15, -0.1) is 0 Å². The SMILES string of the molecule is COC(=O)[C@H]1O[C@H](CCN=[N+]=[N-])[C@H](OCc2ccccc2)[C@@H](OCc2ccccc2)[C@@H]1OCc1ccccc1. The first-order valence-corrected chi connectivity index (χ1v) is 12.9. The zero-order chi connectivity index (χ0) is 27.3. The number of hydrogen-bond donors (Lipinski definition) is 0. The van der Waals surface area contributed by atoms with Crippen LogP contribution in [0.4, 0.5) is 0 Å². The van der Waals surface area contributed by atoms with E-state index in [1.165, 1.54) is 7.11 Å². The van der Waals surface area contributed by atoms with Crippen LogP contribution in [0.5, 0.6) is 0 Å². The van der Waals surface area contributed by atoms with Crippen LogP contribution in [-0.2, 0) is 48.3 Å². The largest absolute Gasteiger partial charge is 0.467 e. The van der Waals surface area contributed by atoms with Crippen molar-refractivity contribution in [3.63, 3.8) is 0 Å². The molecule has 0 bridgehead atoms. The number of carbonyl (C=O) groups is 1. The summed E-state index contributed by atoms with van der Waals surface area (Å²) in [6.45, 7) is 0.981. The summed E-state index contributed by atoms with van der Waals surface area (Å²) >= 11 is 0. The Morgan fingerprint density at radius 1 is 0.769 bits per heavy atom. The molecule has 0 aliphatic carbocycles. The number of ether oxygens (including phenoxy) is 5. The molecule has 0 saturated carbocycles. The van der Waals surface area contributed by atoms with Crippen LogP contribution in [0.2, 0.25) is 0 Å². The van der Waals surface area contributed by atoms with Gasteiger partial charge in [-0.2, -0.15) is 0 Å². The van der Waals surface area contributed by atoms with E-state index in [1.54, 1.807) is 0 Å². The van der Waals surface area contributed by atoms with Crippen molar-refractivity contribution in [2.75, 3.05) is 13.7 Å². The van der Waals surface area contributed by atoms with Crippen LogP contribution in [0.25, 0.3) is 10.4 Å². The van der Waals surface area contributed by atoms with Gasteiger partial charge >= 0.3 is 5.97 Å². The van der Waals surface area contributed by atoms with E-state index < -0.39 is 36.5 Å². The zero-order valence-electron chi connectivity index (χ0n) is 21.9. The van der Waals surface area contributed by atoms with Gasteiger partial charge in [-0.05, 0) is 28.6 Å². The van der Waals surface area contributed by atoms with E-state index in [2.05, 4.69) is 10.0 Å². The number of azide groups is 1. The fourth-order valence-electron chi connectivity index (χ4n) is 4.56. The van der Waals surface area contributed by atoms with Crippen molar-refractivity contribution in [2.45, 2.75) is 56.8 Å². The summed E-state index contributed by atoms with van der Waals surface area (Å²) in [5.41, 5.74) is 11.7. The maximum atomic E-state index is 13.0. The minimum absolute atomic E-state index is 0.168. The Morgan fingerprint density at radius 2 is 1.23 bits per heavy atom. The number of esters is 1. The Bertz CT molecular complexity index is 1190. The second-order valence-electron chi connectivity index (χ2n) is 9.15. The number of benzene rings is 3. The molecule has 4 rings (SSSR count). The van der Waals surface area contributed by atoms with E-state index in [9.17, 15) is 4.79 Å². The fourth-order valence-corrected chi connectivity index (χ4v) is 4.56. The molecule has 204 valence electrons. The van der Waals surface area contributed by atoms with Crippen molar-refractivity contribution in [3.05, 3.63) is 118 Å². The molecule has 1 heterocycles. The van der Waals surface area contributed by atoms with Gasteiger partial charge in [0, 0.05) is 11.5 Å². The van der Waals surface area contributed by atoms with Crippen LogP contribution in [0.1, 0.15) is 23.1 Å². The van der Waals surface area contributed by atoms with Gasteiger partial charge in [0.1, 0.15) is 18.3 Å². The standard InChI is InChI=1S/C30H33N3O6/c1-35-30(34)29-28(38-21-24-15-9-4-10-16-24)27(37-20-23-13-7-3-8-14-23)26(25(39-29)17-18-32-33-31)36-19-22-11-5-2-6-12-22/h2-16,25-29H,17-21H2,1H3/t25-,26+,27-,28+,29+/m1/s1. The number of nitrogens with zero attached hydrogens (tertiary/aromatic N) is 3. The topological polar surface area (TPSA) is 112 Å². The molecule has 0 aromatic heterocycles. The lowest BCUT2D eigenvalue weighted by Crippen LogP contribution is -2.62. The van der Waals surface area contributed by atoms with Crippen molar-refractivity contribution >= 4 is 5.97 Å². The first kappa shape index (κ1) is 28.3. The van der Waals surface area contributed by atoms with Crippen LogP contribution < -0.4 is 0 Å². The predicted octanol–water partition coefficient (Wildman–Crippen LogP) is 5.38. The van der Waals surface area contributed by atoms with E-state index in [4.69, 9.17) is 29.2 Å². The Labute approximate surface area is 228 Å². The lowest BCUT2D eigenvalue weighted by Gasteiger charge is -2.45. The number of methoxy groups -OCH3 is 1. The molecule has 1 aliphatic rings. The van der Waals surface area contributed by atoms with Gasteiger partial charge in [-0.3, -0.25) is 0 Å². The third-order valence-corrected chi connectivity index (χ3v) is 6.50. The quantitative estimate of drug-likeness (QED) is 0.127. The summed E-state index contributed by atoms with van der Waals surface area (Å²) in [5.74, 6) is -0.573. The maximum Gasteiger partial charge on any atom is 0.337 e. The summed E-state index contributed by atoms with van der Waals surface area (Å²) in [5, 5.41) is 3.68. The summed E-state index contributed by atoms with van der Waals surface area (Å²) in [4.78, 5) is 15.8. The summed E-state index contributed by atoms with van der Waals surface area (Å²) in [6.07, 6.45) is -3.48. The Balaban J connectivity index is 1.65. The molecule has 9 nitrogen and oxygen atoms in total. The molecule has 0 spiro atoms. The van der Waals surface area contributed by atoms with E-state index in [0.717, 1.165) is 16.7 Å². The molecule has 0 amide bonds. The van der Waals surface area contributed by atoms with Crippen molar-refractivity contribution < 1.29 is 28.5 Å². The van der Waals surface area contributed by atoms with Crippen LogP contribution in [0.3, 0.4) is 0 Å². The van der Waals surface area contributed by atoms with Crippen LogP contribution in [0, 0.1) is 0 Å². The first-order chi connectivity index (χ1) is 19.2. The van der Waals surface area contributed by atoms with Gasteiger partial charge in [-0.1, -0.05) is 96.1 Å². The molecule has 3 aromatic rings. The minimum Gasteiger partial charge on any atom is -0.467 e. The van der Waals surface area contributed by atoms with E-state index >= 15 is 0 Å². The van der Waals surface area contributed by atoms with E-state index in [0.29, 0.717) is 13.0 Å². The molecule has 0 unspecified atom stereocenters. The molecular weight excluding hydrogens is 498 g/mol. The highest BCUT2D eigenvalue weighted by atomic mass is 16.6. The van der Waals surface area contributed by atoms with Crippen molar-refractivity contribution in [1.82, 2.24) is 0 Å². The van der Waals surface area contributed by atoms with Gasteiger partial charge in [0.15, 0.2) is 6.10 Å². The highest BCUT2D eigenvalue weighted by Crippen LogP contribution is 2.32. The molecule has 5 atom stereocenters. The number of hydrogen-bond acceptors (Lipinski definition) is 7. The molecule has 0 radical (unpaired) electrons. The van der Waals surface area contributed by atoms with Crippen LogP contribution in [-0.4, -0.2) is 50.1 Å². The lowest BCUT2D eigenvalue weighted by molar-refractivity contribution is -0.265. The van der Waals surface area contributed by atoms with Gasteiger partial charge in [0.2, 0.25) is 0 Å². The second kappa shape index (κ2) is 15.0. The summed E-state index contributed by atoms with van der Waals surface area (Å²) < 4.78 is 30.7. The van der Waals surface area contributed by atoms with Crippen LogP contribution >= 0.6 is 0 Å². The predicted molar refractivity (Wildman–Crippen MR) is 144 cm³/mol.